The van der Waals surface area contributed by atoms with Crippen molar-refractivity contribution in [3.05, 3.63) is 156 Å². The summed E-state index contributed by atoms with van der Waals surface area (Å²) in [5.41, 5.74) is 16.2. The molecule has 0 heteroatoms. The second-order valence-electron chi connectivity index (χ2n) is 13.2. The SMILES string of the molecule is CCCc1ccccc1-c1cccc(-c2ccc3cc(-c4ccc(C)c5c(-c6ccccc6C6CC6)cccc45)ccc3c2)c1C. The van der Waals surface area contributed by atoms with Gasteiger partial charge >= 0.3 is 0 Å². The fourth-order valence-corrected chi connectivity index (χ4v) is 7.64. The Morgan fingerprint density at radius 1 is 0.522 bits per heavy atom. The van der Waals surface area contributed by atoms with Crippen molar-refractivity contribution in [2.75, 3.05) is 0 Å². The Hall–Kier alpha value is -4.94. The molecule has 224 valence electrons. The predicted octanol–water partition coefficient (Wildman–Crippen LogP) is 13.1. The van der Waals surface area contributed by atoms with Gasteiger partial charge in [-0.15, -0.1) is 0 Å². The lowest BCUT2D eigenvalue weighted by atomic mass is 9.87. The zero-order valence-electron chi connectivity index (χ0n) is 27.1. The lowest BCUT2D eigenvalue weighted by molar-refractivity contribution is 0.923. The van der Waals surface area contributed by atoms with Gasteiger partial charge in [-0.2, -0.15) is 0 Å². The standard InChI is InChI=1S/C46H40/c1-4-11-32-12-5-6-13-40(32)39-17-9-16-38(31(39)3)36-25-23-35-29-37(26-24-34(35)28-36)42-27-20-30(2)46-44(42)18-10-19-45(46)43-15-8-7-14-41(43)33-21-22-33/h5-10,12-20,23-29,33H,4,11,21-22H2,1-3H3. The van der Waals surface area contributed by atoms with Gasteiger partial charge in [0.25, 0.3) is 0 Å². The van der Waals surface area contributed by atoms with Gasteiger partial charge in [0.1, 0.15) is 0 Å². The van der Waals surface area contributed by atoms with Crippen molar-refractivity contribution in [1.29, 1.82) is 0 Å². The lowest BCUT2D eigenvalue weighted by Crippen LogP contribution is -1.93. The third-order valence-electron chi connectivity index (χ3n) is 10.1. The highest BCUT2D eigenvalue weighted by atomic mass is 14.3. The topological polar surface area (TPSA) is 0 Å². The smallest absolute Gasteiger partial charge is 0.00698 e. The Morgan fingerprint density at radius 3 is 1.91 bits per heavy atom. The number of benzene rings is 7. The minimum absolute atomic E-state index is 0.712. The first-order chi connectivity index (χ1) is 22.6. The van der Waals surface area contributed by atoms with Crippen molar-refractivity contribution in [2.24, 2.45) is 0 Å². The maximum absolute atomic E-state index is 2.37. The third kappa shape index (κ3) is 5.03. The summed E-state index contributed by atoms with van der Waals surface area (Å²) in [4.78, 5) is 0. The van der Waals surface area contributed by atoms with Crippen LogP contribution in [0.2, 0.25) is 0 Å². The van der Waals surface area contributed by atoms with Crippen LogP contribution in [0, 0.1) is 13.8 Å². The average Bonchev–Trinajstić information content (AvgIpc) is 3.94. The monoisotopic (exact) mass is 592 g/mol. The van der Waals surface area contributed by atoms with Crippen LogP contribution in [-0.2, 0) is 6.42 Å². The fraction of sp³-hybridized carbons (Fsp3) is 0.174. The third-order valence-corrected chi connectivity index (χ3v) is 10.1. The second-order valence-corrected chi connectivity index (χ2v) is 13.2. The summed E-state index contributed by atoms with van der Waals surface area (Å²) >= 11 is 0. The molecule has 0 bridgehead atoms. The van der Waals surface area contributed by atoms with Crippen molar-refractivity contribution in [1.82, 2.24) is 0 Å². The molecule has 1 fully saturated rings. The second kappa shape index (κ2) is 11.8. The molecule has 8 rings (SSSR count). The van der Waals surface area contributed by atoms with Gasteiger partial charge in [-0.1, -0.05) is 135 Å². The van der Waals surface area contributed by atoms with Gasteiger partial charge in [0.2, 0.25) is 0 Å². The Labute approximate surface area is 273 Å². The molecule has 0 atom stereocenters. The van der Waals surface area contributed by atoms with E-state index in [-0.39, 0.29) is 0 Å². The van der Waals surface area contributed by atoms with Gasteiger partial charge in [0.05, 0.1) is 0 Å². The number of hydrogen-bond donors (Lipinski definition) is 0. The molecule has 0 spiro atoms. The molecule has 0 aromatic heterocycles. The van der Waals surface area contributed by atoms with Gasteiger partial charge < -0.3 is 0 Å². The van der Waals surface area contributed by atoms with Crippen LogP contribution in [0.5, 0.6) is 0 Å². The van der Waals surface area contributed by atoms with Crippen molar-refractivity contribution >= 4 is 21.5 Å². The summed E-state index contributed by atoms with van der Waals surface area (Å²) in [7, 11) is 0. The molecule has 1 aliphatic carbocycles. The molecule has 1 aliphatic rings. The Morgan fingerprint density at radius 2 is 1.15 bits per heavy atom. The molecule has 1 saturated carbocycles. The van der Waals surface area contributed by atoms with Crippen molar-refractivity contribution in [2.45, 2.75) is 52.4 Å². The predicted molar refractivity (Wildman–Crippen MR) is 199 cm³/mol. The first-order valence-electron chi connectivity index (χ1n) is 16.9. The average molecular weight is 593 g/mol. The molecular weight excluding hydrogens is 553 g/mol. The number of aryl methyl sites for hydroxylation is 2. The highest BCUT2D eigenvalue weighted by molar-refractivity contribution is 6.07. The molecule has 0 N–H and O–H groups in total. The van der Waals surface area contributed by atoms with Gasteiger partial charge in [0, 0.05) is 0 Å². The zero-order chi connectivity index (χ0) is 31.2. The van der Waals surface area contributed by atoms with E-state index in [4.69, 9.17) is 0 Å². The summed E-state index contributed by atoms with van der Waals surface area (Å²) in [5.74, 6) is 0.712. The Bertz CT molecular complexity index is 2240. The van der Waals surface area contributed by atoms with Crippen molar-refractivity contribution < 1.29 is 0 Å². The minimum atomic E-state index is 0.712. The van der Waals surface area contributed by atoms with E-state index < -0.39 is 0 Å². The minimum Gasteiger partial charge on any atom is -0.0651 e. The van der Waals surface area contributed by atoms with Crippen LogP contribution < -0.4 is 0 Å². The first kappa shape index (κ1) is 28.5. The maximum atomic E-state index is 2.37. The van der Waals surface area contributed by atoms with Gasteiger partial charge in [0.15, 0.2) is 0 Å². The van der Waals surface area contributed by atoms with E-state index in [0.29, 0.717) is 5.92 Å². The van der Waals surface area contributed by atoms with Gasteiger partial charge in [-0.05, 0) is 139 Å². The van der Waals surface area contributed by atoms with Crippen LogP contribution in [0.1, 0.15) is 54.4 Å². The van der Waals surface area contributed by atoms with E-state index in [0.717, 1.165) is 12.8 Å². The molecule has 46 heavy (non-hydrogen) atoms. The molecule has 0 amide bonds. The maximum Gasteiger partial charge on any atom is -0.00698 e. The van der Waals surface area contributed by atoms with Gasteiger partial charge in [-0.3, -0.25) is 0 Å². The Kier molecular flexibility index (Phi) is 7.30. The van der Waals surface area contributed by atoms with Crippen LogP contribution in [-0.4, -0.2) is 0 Å². The summed E-state index contributed by atoms with van der Waals surface area (Å²) in [5, 5.41) is 5.24. The van der Waals surface area contributed by atoms with E-state index >= 15 is 0 Å². The van der Waals surface area contributed by atoms with Crippen molar-refractivity contribution in [3.63, 3.8) is 0 Å². The van der Waals surface area contributed by atoms with E-state index in [1.165, 1.54) is 101 Å². The van der Waals surface area contributed by atoms with E-state index in [2.05, 4.69) is 154 Å². The number of fused-ring (bicyclic) bond motifs is 2. The van der Waals surface area contributed by atoms with Crippen LogP contribution in [0.25, 0.3) is 66.1 Å². The van der Waals surface area contributed by atoms with Gasteiger partial charge in [-0.25, -0.2) is 0 Å². The van der Waals surface area contributed by atoms with Crippen LogP contribution >= 0.6 is 0 Å². The zero-order valence-corrected chi connectivity index (χ0v) is 27.1. The first-order valence-corrected chi connectivity index (χ1v) is 16.9. The quantitative estimate of drug-likeness (QED) is 0.173. The normalized spacial score (nSPS) is 13.0. The largest absolute Gasteiger partial charge is 0.0651 e. The number of rotatable bonds is 7. The highest BCUT2D eigenvalue weighted by Gasteiger charge is 2.26. The highest BCUT2D eigenvalue weighted by Crippen LogP contribution is 2.46. The molecule has 0 aliphatic heterocycles. The molecule has 0 saturated heterocycles. The molecule has 7 aromatic carbocycles. The summed E-state index contributed by atoms with van der Waals surface area (Å²) < 4.78 is 0. The summed E-state index contributed by atoms with van der Waals surface area (Å²) in [6.45, 7) is 6.80. The van der Waals surface area contributed by atoms with Crippen LogP contribution in [0.4, 0.5) is 0 Å². The molecule has 0 heterocycles. The van der Waals surface area contributed by atoms with Crippen molar-refractivity contribution in [3.8, 4) is 44.5 Å². The van der Waals surface area contributed by atoms with E-state index in [1.807, 2.05) is 0 Å². The van der Waals surface area contributed by atoms with E-state index in [1.54, 1.807) is 0 Å². The van der Waals surface area contributed by atoms with E-state index in [9.17, 15) is 0 Å². The summed E-state index contributed by atoms with van der Waals surface area (Å²) in [6, 6.07) is 50.2. The molecule has 0 radical (unpaired) electrons. The number of hydrogen-bond acceptors (Lipinski definition) is 0. The van der Waals surface area contributed by atoms with Crippen LogP contribution in [0.3, 0.4) is 0 Å². The van der Waals surface area contributed by atoms with Crippen LogP contribution in [0.15, 0.2) is 133 Å². The molecular formula is C46H40. The Balaban J connectivity index is 1.19. The lowest BCUT2D eigenvalue weighted by Gasteiger charge is -2.17. The molecule has 7 aromatic rings. The molecule has 0 nitrogen and oxygen atoms in total. The molecule has 0 unspecified atom stereocenters. The summed E-state index contributed by atoms with van der Waals surface area (Å²) in [6.07, 6.45) is 4.87. The fourth-order valence-electron chi connectivity index (χ4n) is 7.64.